The summed E-state index contributed by atoms with van der Waals surface area (Å²) in [6, 6.07) is 30.5. The van der Waals surface area contributed by atoms with E-state index in [2.05, 4.69) is 168 Å². The molecule has 0 aliphatic carbocycles. The standard InChI is InChI=1S/C44H50O3P2/c1-27-19-13-16-22-36(27)48(37-23-17-14-20-28(37)2)38-24-18-15-21-35(38)45-49-46-41-33(43(7,8)9)25-29(3)31(5)39(41)40-32(6)30(4)26-34(42(40)47-49)44(10,11)12/h13-26H,1-12H3. The van der Waals surface area contributed by atoms with Gasteiger partial charge in [0, 0.05) is 27.2 Å². The van der Waals surface area contributed by atoms with Crippen LogP contribution in [0.1, 0.15) is 86.1 Å². The highest BCUT2D eigenvalue weighted by Gasteiger charge is 2.29. The molecule has 0 atom stereocenters. The van der Waals surface area contributed by atoms with Gasteiger partial charge in [-0.25, -0.2) is 0 Å². The molecular formula is C44H50O3P2. The summed E-state index contributed by atoms with van der Waals surface area (Å²) in [6.45, 7) is 26.8. The van der Waals surface area contributed by atoms with Gasteiger partial charge in [-0.1, -0.05) is 120 Å². The van der Waals surface area contributed by atoms with E-state index < -0.39 is 16.2 Å². The van der Waals surface area contributed by atoms with Gasteiger partial charge in [-0.15, -0.1) is 0 Å². The normalized spacial score (nSPS) is 12.3. The molecule has 5 heteroatoms. The first kappa shape index (κ1) is 35.1. The lowest BCUT2D eigenvalue weighted by molar-refractivity contribution is 0.491. The molecule has 254 valence electrons. The van der Waals surface area contributed by atoms with Crippen LogP contribution in [0, 0.1) is 41.5 Å². The minimum Gasteiger partial charge on any atom is -0.390 e. The van der Waals surface area contributed by atoms with Crippen molar-refractivity contribution in [3.05, 3.63) is 129 Å². The number of hydrogen-bond donors (Lipinski definition) is 0. The highest BCUT2D eigenvalue weighted by atomic mass is 31.1. The van der Waals surface area contributed by atoms with Crippen LogP contribution in [0.2, 0.25) is 0 Å². The van der Waals surface area contributed by atoms with Crippen LogP contribution in [0.25, 0.3) is 21.9 Å². The smallest absolute Gasteiger partial charge is 0.390 e. The Bertz CT molecular complexity index is 2110. The number of aryl methyl sites for hydroxylation is 6. The van der Waals surface area contributed by atoms with E-state index in [0.717, 1.165) is 44.1 Å². The largest absolute Gasteiger partial charge is 0.453 e. The lowest BCUT2D eigenvalue weighted by Crippen LogP contribution is -2.24. The van der Waals surface area contributed by atoms with Gasteiger partial charge in [0.15, 0.2) is 0 Å². The second kappa shape index (κ2) is 13.2. The molecule has 3 nitrogen and oxygen atoms in total. The first-order valence-electron chi connectivity index (χ1n) is 17.2. The molecule has 0 N–H and O–H groups in total. The van der Waals surface area contributed by atoms with Gasteiger partial charge in [-0.05, 0) is 110 Å². The monoisotopic (exact) mass is 688 g/mol. The molecule has 6 aromatic rings. The van der Waals surface area contributed by atoms with Crippen molar-refractivity contribution in [2.75, 3.05) is 0 Å². The average Bonchev–Trinajstić information content (AvgIpc) is 3.19. The molecule has 0 unspecified atom stereocenters. The Morgan fingerprint density at radius 1 is 0.510 bits per heavy atom. The van der Waals surface area contributed by atoms with E-state index in [4.69, 9.17) is 12.9 Å². The summed E-state index contributed by atoms with van der Waals surface area (Å²) in [6.07, 6.45) is 0. The number of hydrogen-bond acceptors (Lipinski definition) is 3. The van der Waals surface area contributed by atoms with Crippen LogP contribution in [0.15, 0.2) is 93.3 Å². The molecule has 0 aliphatic heterocycles. The van der Waals surface area contributed by atoms with Crippen LogP contribution in [0.4, 0.5) is 0 Å². The molecule has 0 fully saturated rings. The van der Waals surface area contributed by atoms with Crippen molar-refractivity contribution < 1.29 is 12.9 Å². The molecule has 0 saturated heterocycles. The predicted octanol–water partition coefficient (Wildman–Crippen LogP) is 12.3. The second-order valence-corrected chi connectivity index (χ2v) is 18.6. The van der Waals surface area contributed by atoms with Gasteiger partial charge >= 0.3 is 8.24 Å². The van der Waals surface area contributed by atoms with E-state index in [9.17, 15) is 0 Å². The van der Waals surface area contributed by atoms with Gasteiger partial charge in [0.1, 0.15) is 16.9 Å². The van der Waals surface area contributed by atoms with Crippen molar-refractivity contribution >= 4 is 54.0 Å². The average molecular weight is 689 g/mol. The fraction of sp³-hybridized carbons (Fsp3) is 0.318. The number of para-hydroxylation sites is 1. The number of benzene rings is 5. The quantitative estimate of drug-likeness (QED) is 0.169. The third-order valence-electron chi connectivity index (χ3n) is 9.79. The van der Waals surface area contributed by atoms with Crippen LogP contribution in [-0.4, -0.2) is 0 Å². The molecule has 6 rings (SSSR count). The van der Waals surface area contributed by atoms with E-state index in [1.54, 1.807) is 0 Å². The minimum absolute atomic E-state index is 0.166. The Morgan fingerprint density at radius 3 is 1.31 bits per heavy atom. The Hall–Kier alpha value is -3.77. The Kier molecular flexibility index (Phi) is 9.42. The minimum atomic E-state index is -1.90. The Labute approximate surface area is 295 Å². The van der Waals surface area contributed by atoms with Crippen molar-refractivity contribution in [3.63, 3.8) is 0 Å². The molecule has 0 bridgehead atoms. The zero-order chi connectivity index (χ0) is 35.4. The summed E-state index contributed by atoms with van der Waals surface area (Å²) in [5.74, 6) is 0.790. The Balaban J connectivity index is 1.72. The highest BCUT2D eigenvalue weighted by Crippen LogP contribution is 2.47. The van der Waals surface area contributed by atoms with Crippen molar-refractivity contribution in [2.45, 2.75) is 93.9 Å². The van der Waals surface area contributed by atoms with Gasteiger partial charge in [0.05, 0.1) is 0 Å². The molecule has 0 saturated carbocycles. The summed E-state index contributed by atoms with van der Waals surface area (Å²) < 4.78 is 21.3. The first-order valence-corrected chi connectivity index (χ1v) is 19.7. The summed E-state index contributed by atoms with van der Waals surface area (Å²) in [7, 11) is -2.84. The number of fused-ring (bicyclic) bond motifs is 3. The molecule has 0 radical (unpaired) electrons. The van der Waals surface area contributed by atoms with Crippen molar-refractivity contribution in [1.29, 1.82) is 0 Å². The fourth-order valence-electron chi connectivity index (χ4n) is 6.71. The zero-order valence-corrected chi connectivity index (χ0v) is 33.0. The Morgan fingerprint density at radius 2 is 0.898 bits per heavy atom. The van der Waals surface area contributed by atoms with E-state index in [1.807, 2.05) is 0 Å². The number of rotatable bonds is 5. The SMILES string of the molecule is Cc1ccccc1P(c1ccccc1C)c1ccccc1Op1oc2c(C(C)(C)C)cc(C)c(C)c2c2c(C)c(C)cc(C(C)(C)C)c2o1. The maximum atomic E-state index is 7.12. The van der Waals surface area contributed by atoms with E-state index in [0.29, 0.717) is 0 Å². The van der Waals surface area contributed by atoms with Gasteiger partial charge in [-0.3, -0.25) is 0 Å². The van der Waals surface area contributed by atoms with Crippen molar-refractivity contribution in [3.8, 4) is 5.75 Å². The lowest BCUT2D eigenvalue weighted by Gasteiger charge is -2.24. The van der Waals surface area contributed by atoms with Crippen LogP contribution in [-0.2, 0) is 10.8 Å². The highest BCUT2D eigenvalue weighted by molar-refractivity contribution is 7.80. The van der Waals surface area contributed by atoms with Crippen LogP contribution < -0.4 is 20.4 Å². The van der Waals surface area contributed by atoms with Crippen molar-refractivity contribution in [2.24, 2.45) is 0 Å². The van der Waals surface area contributed by atoms with Gasteiger partial charge in [0.2, 0.25) is 0 Å². The molecule has 0 aliphatic rings. The van der Waals surface area contributed by atoms with E-state index in [1.165, 1.54) is 44.0 Å². The molecule has 49 heavy (non-hydrogen) atoms. The lowest BCUT2D eigenvalue weighted by atomic mass is 9.81. The third-order valence-corrected chi connectivity index (χ3v) is 13.6. The van der Waals surface area contributed by atoms with Crippen LogP contribution >= 0.6 is 16.2 Å². The maximum Gasteiger partial charge on any atom is 0.453 e. The molecular weight excluding hydrogens is 638 g/mol. The predicted molar refractivity (Wildman–Crippen MR) is 213 cm³/mol. The molecule has 0 amide bonds. The van der Waals surface area contributed by atoms with Crippen LogP contribution in [0.5, 0.6) is 5.75 Å². The summed E-state index contributed by atoms with van der Waals surface area (Å²) >= 11 is 0. The summed E-state index contributed by atoms with van der Waals surface area (Å²) in [5, 5.41) is 6.02. The topological polar surface area (TPSA) is 35.5 Å². The van der Waals surface area contributed by atoms with E-state index in [-0.39, 0.29) is 10.8 Å². The summed E-state index contributed by atoms with van der Waals surface area (Å²) in [5.41, 5.74) is 11.2. The second-order valence-electron chi connectivity index (χ2n) is 15.5. The van der Waals surface area contributed by atoms with Gasteiger partial charge in [-0.2, -0.15) is 0 Å². The van der Waals surface area contributed by atoms with Gasteiger partial charge < -0.3 is 12.9 Å². The summed E-state index contributed by atoms with van der Waals surface area (Å²) in [4.78, 5) is 0. The third kappa shape index (κ3) is 6.61. The molecule has 1 heterocycles. The zero-order valence-electron chi connectivity index (χ0n) is 31.2. The fourth-order valence-corrected chi connectivity index (χ4v) is 10.6. The van der Waals surface area contributed by atoms with Gasteiger partial charge in [0.25, 0.3) is 0 Å². The van der Waals surface area contributed by atoms with Crippen LogP contribution in [0.3, 0.4) is 0 Å². The maximum absolute atomic E-state index is 7.12. The molecule has 0 spiro atoms. The van der Waals surface area contributed by atoms with E-state index >= 15 is 0 Å². The molecule has 1 aromatic heterocycles. The first-order chi connectivity index (χ1) is 23.1. The molecule has 5 aromatic carbocycles. The van der Waals surface area contributed by atoms with Crippen molar-refractivity contribution in [1.82, 2.24) is 0 Å².